The second-order valence-electron chi connectivity index (χ2n) is 4.28. The maximum absolute atomic E-state index is 10.4. The summed E-state index contributed by atoms with van der Waals surface area (Å²) in [5.74, 6) is 0.215. The summed E-state index contributed by atoms with van der Waals surface area (Å²) in [6.07, 6.45) is 3.77. The Kier molecular flexibility index (Phi) is 4.22. The van der Waals surface area contributed by atoms with Crippen molar-refractivity contribution in [2.24, 2.45) is 0 Å². The van der Waals surface area contributed by atoms with Crippen LogP contribution in [0.1, 0.15) is 30.7 Å². The quantitative estimate of drug-likeness (QED) is 0.802. The van der Waals surface area contributed by atoms with Crippen molar-refractivity contribution in [2.45, 2.75) is 32.6 Å². The molecule has 0 atom stereocenters. The van der Waals surface area contributed by atoms with Crippen molar-refractivity contribution in [1.82, 2.24) is 15.1 Å². The Balaban J connectivity index is 1.96. The van der Waals surface area contributed by atoms with Gasteiger partial charge in [-0.15, -0.1) is 0 Å². The van der Waals surface area contributed by atoms with Crippen LogP contribution in [0.15, 0.2) is 22.9 Å². The smallest absolute Gasteiger partial charge is 0.303 e. The Morgan fingerprint density at radius 1 is 1.42 bits per heavy atom. The normalized spacial score (nSPS) is 10.6. The second-order valence-corrected chi connectivity index (χ2v) is 4.28. The Labute approximate surface area is 110 Å². The number of hydrogen-bond donors (Lipinski definition) is 1. The van der Waals surface area contributed by atoms with Gasteiger partial charge in [-0.1, -0.05) is 11.2 Å². The monoisotopic (exact) mass is 261 g/mol. The minimum Gasteiger partial charge on any atom is -0.481 e. The van der Waals surface area contributed by atoms with Crippen molar-refractivity contribution in [1.29, 1.82) is 0 Å². The molecule has 2 heterocycles. The average molecular weight is 261 g/mol. The van der Waals surface area contributed by atoms with Crippen molar-refractivity contribution < 1.29 is 14.4 Å². The number of aryl methyl sites for hydroxylation is 2. The highest BCUT2D eigenvalue weighted by Crippen LogP contribution is 2.17. The zero-order chi connectivity index (χ0) is 13.7. The highest BCUT2D eigenvalue weighted by Gasteiger charge is 2.11. The summed E-state index contributed by atoms with van der Waals surface area (Å²) in [4.78, 5) is 18.9. The van der Waals surface area contributed by atoms with E-state index in [2.05, 4.69) is 15.1 Å². The molecule has 100 valence electrons. The van der Waals surface area contributed by atoms with Crippen LogP contribution in [0.2, 0.25) is 0 Å². The van der Waals surface area contributed by atoms with E-state index >= 15 is 0 Å². The van der Waals surface area contributed by atoms with E-state index in [4.69, 9.17) is 9.63 Å². The first kappa shape index (κ1) is 13.2. The molecular formula is C13H15N3O3. The molecule has 19 heavy (non-hydrogen) atoms. The molecule has 0 radical (unpaired) electrons. The van der Waals surface area contributed by atoms with Crippen LogP contribution >= 0.6 is 0 Å². The maximum Gasteiger partial charge on any atom is 0.303 e. The van der Waals surface area contributed by atoms with Crippen LogP contribution in [-0.4, -0.2) is 26.2 Å². The van der Waals surface area contributed by atoms with Gasteiger partial charge in [-0.25, -0.2) is 0 Å². The number of pyridine rings is 1. The van der Waals surface area contributed by atoms with Gasteiger partial charge in [0.2, 0.25) is 11.7 Å². The minimum absolute atomic E-state index is 0.167. The minimum atomic E-state index is -0.782. The molecule has 0 aliphatic carbocycles. The van der Waals surface area contributed by atoms with Gasteiger partial charge in [0.15, 0.2) is 0 Å². The summed E-state index contributed by atoms with van der Waals surface area (Å²) in [5, 5.41) is 12.4. The molecule has 0 saturated heterocycles. The number of aromatic nitrogens is 3. The standard InChI is InChI=1S/C13H15N3O3/c1-9-5-4-8-14-12(9)13-15-10(19-16-13)6-2-3-7-11(17)18/h4-5,8H,2-3,6-7H2,1H3,(H,17,18). The molecule has 6 heteroatoms. The van der Waals surface area contributed by atoms with Crippen LogP contribution in [0, 0.1) is 6.92 Å². The number of hydrogen-bond acceptors (Lipinski definition) is 5. The third-order valence-electron chi connectivity index (χ3n) is 2.72. The Morgan fingerprint density at radius 2 is 2.26 bits per heavy atom. The molecule has 2 rings (SSSR count). The summed E-state index contributed by atoms with van der Waals surface area (Å²) in [7, 11) is 0. The van der Waals surface area contributed by atoms with E-state index in [9.17, 15) is 4.79 Å². The van der Waals surface area contributed by atoms with Gasteiger partial charge in [-0.2, -0.15) is 4.98 Å². The van der Waals surface area contributed by atoms with Crippen LogP contribution in [0.4, 0.5) is 0 Å². The van der Waals surface area contributed by atoms with Crippen molar-refractivity contribution in [3.63, 3.8) is 0 Å². The van der Waals surface area contributed by atoms with E-state index in [0.29, 0.717) is 30.3 Å². The molecule has 0 fully saturated rings. The summed E-state index contributed by atoms with van der Waals surface area (Å²) in [5.41, 5.74) is 1.70. The topological polar surface area (TPSA) is 89.1 Å². The zero-order valence-corrected chi connectivity index (χ0v) is 10.7. The van der Waals surface area contributed by atoms with Crippen LogP contribution in [-0.2, 0) is 11.2 Å². The SMILES string of the molecule is Cc1cccnc1-c1noc(CCCCC(=O)O)n1. The fourth-order valence-corrected chi connectivity index (χ4v) is 1.72. The number of aliphatic carboxylic acids is 1. The molecule has 2 aromatic heterocycles. The lowest BCUT2D eigenvalue weighted by atomic mass is 10.2. The molecule has 6 nitrogen and oxygen atoms in total. The zero-order valence-electron chi connectivity index (χ0n) is 10.7. The van der Waals surface area contributed by atoms with Crippen molar-refractivity contribution in [2.75, 3.05) is 0 Å². The lowest BCUT2D eigenvalue weighted by molar-refractivity contribution is -0.137. The van der Waals surface area contributed by atoms with E-state index in [1.54, 1.807) is 6.20 Å². The molecule has 0 saturated carbocycles. The van der Waals surface area contributed by atoms with Crippen molar-refractivity contribution in [3.05, 3.63) is 29.8 Å². The number of carbonyl (C=O) groups is 1. The summed E-state index contributed by atoms with van der Waals surface area (Å²) >= 11 is 0. The van der Waals surface area contributed by atoms with Gasteiger partial charge < -0.3 is 9.63 Å². The summed E-state index contributed by atoms with van der Waals surface area (Å²) in [6.45, 7) is 1.94. The number of unbranched alkanes of at least 4 members (excludes halogenated alkanes) is 1. The molecule has 0 aromatic carbocycles. The van der Waals surface area contributed by atoms with Crippen LogP contribution in [0.3, 0.4) is 0 Å². The predicted molar refractivity (Wildman–Crippen MR) is 67.5 cm³/mol. The van der Waals surface area contributed by atoms with Crippen molar-refractivity contribution >= 4 is 5.97 Å². The van der Waals surface area contributed by atoms with E-state index in [0.717, 1.165) is 12.0 Å². The Morgan fingerprint density at radius 3 is 3.00 bits per heavy atom. The van der Waals surface area contributed by atoms with Gasteiger partial charge in [0, 0.05) is 19.0 Å². The van der Waals surface area contributed by atoms with E-state index in [1.807, 2.05) is 19.1 Å². The maximum atomic E-state index is 10.4. The molecule has 2 aromatic rings. The van der Waals surface area contributed by atoms with E-state index in [1.165, 1.54) is 0 Å². The summed E-state index contributed by atoms with van der Waals surface area (Å²) < 4.78 is 5.13. The Hall–Kier alpha value is -2.24. The predicted octanol–water partition coefficient (Wildman–Crippen LogP) is 2.24. The fraction of sp³-hybridized carbons (Fsp3) is 0.385. The molecular weight excluding hydrogens is 246 g/mol. The number of nitrogens with zero attached hydrogens (tertiary/aromatic N) is 3. The van der Waals surface area contributed by atoms with Gasteiger partial charge in [0.05, 0.1) is 0 Å². The van der Waals surface area contributed by atoms with Crippen LogP contribution in [0.5, 0.6) is 0 Å². The molecule has 0 unspecified atom stereocenters. The van der Waals surface area contributed by atoms with Crippen LogP contribution in [0.25, 0.3) is 11.5 Å². The third kappa shape index (κ3) is 3.61. The van der Waals surface area contributed by atoms with Crippen molar-refractivity contribution in [3.8, 4) is 11.5 Å². The average Bonchev–Trinajstić information content (AvgIpc) is 2.83. The Bertz CT molecular complexity index is 566. The van der Waals surface area contributed by atoms with E-state index in [-0.39, 0.29) is 6.42 Å². The first-order valence-corrected chi connectivity index (χ1v) is 6.13. The summed E-state index contributed by atoms with van der Waals surface area (Å²) in [6, 6.07) is 3.79. The lowest BCUT2D eigenvalue weighted by Crippen LogP contribution is -1.95. The highest BCUT2D eigenvalue weighted by molar-refractivity contribution is 5.66. The highest BCUT2D eigenvalue weighted by atomic mass is 16.5. The van der Waals surface area contributed by atoms with E-state index < -0.39 is 5.97 Å². The van der Waals surface area contributed by atoms with Gasteiger partial charge in [-0.05, 0) is 31.4 Å². The number of carboxylic acids is 1. The largest absolute Gasteiger partial charge is 0.481 e. The van der Waals surface area contributed by atoms with Crippen LogP contribution < -0.4 is 0 Å². The van der Waals surface area contributed by atoms with Gasteiger partial charge in [0.25, 0.3) is 0 Å². The third-order valence-corrected chi connectivity index (χ3v) is 2.72. The van der Waals surface area contributed by atoms with Gasteiger partial charge in [-0.3, -0.25) is 9.78 Å². The molecule has 0 bridgehead atoms. The molecule has 1 N–H and O–H groups in total. The lowest BCUT2D eigenvalue weighted by Gasteiger charge is -1.96. The second kappa shape index (κ2) is 6.08. The molecule has 0 amide bonds. The van der Waals surface area contributed by atoms with Gasteiger partial charge >= 0.3 is 5.97 Å². The first-order valence-electron chi connectivity index (χ1n) is 6.13. The molecule has 0 spiro atoms. The number of rotatable bonds is 6. The fourth-order valence-electron chi connectivity index (χ4n) is 1.72. The molecule has 0 aliphatic heterocycles. The molecule has 0 aliphatic rings. The first-order chi connectivity index (χ1) is 9.16. The number of carboxylic acid groups (broad SMARTS) is 1. The van der Waals surface area contributed by atoms with Gasteiger partial charge in [0.1, 0.15) is 5.69 Å².